The molecule has 1 N–H and O–H groups in total. The first-order chi connectivity index (χ1) is 9.79. The molecule has 0 aromatic heterocycles. The normalized spacial score (nSPS) is 31.7. The summed E-state index contributed by atoms with van der Waals surface area (Å²) in [7, 11) is -2.19. The first kappa shape index (κ1) is 17.8. The van der Waals surface area contributed by atoms with Crippen molar-refractivity contribution >= 4 is 35.8 Å². The number of nitrogens with one attached hydrogen (secondary N) is 1. The molecule has 22 heavy (non-hydrogen) atoms. The molecule has 0 bridgehead atoms. The van der Waals surface area contributed by atoms with Crippen LogP contribution in [-0.2, 0) is 23.8 Å². The van der Waals surface area contributed by atoms with Gasteiger partial charge in [-0.1, -0.05) is 0 Å². The van der Waals surface area contributed by atoms with E-state index in [1.165, 1.54) is 0 Å². The van der Waals surface area contributed by atoms with Crippen molar-refractivity contribution in [3.63, 3.8) is 0 Å². The van der Waals surface area contributed by atoms with E-state index in [0.29, 0.717) is 0 Å². The third-order valence-electron chi connectivity index (χ3n) is 3.68. The maximum absolute atomic E-state index is 12.1. The van der Waals surface area contributed by atoms with Crippen LogP contribution in [0.3, 0.4) is 0 Å². The number of hydrogen-bond acceptors (Lipinski definition) is 6. The summed E-state index contributed by atoms with van der Waals surface area (Å²) in [5.41, 5.74) is -0.706. The summed E-state index contributed by atoms with van der Waals surface area (Å²) in [5, 5.41) is 1.68. The summed E-state index contributed by atoms with van der Waals surface area (Å²) in [6, 6.07) is -0.687. The molecular formula is C11H19ClN2O6S2. The SMILES string of the molecule is CC(C)(C)OC(=O)N[C@@H]1CS(=O)(=O)[C@H]2CN(S(=O)(=O)Cl)C[C@@H]12. The molecule has 0 aromatic rings. The lowest BCUT2D eigenvalue weighted by molar-refractivity contribution is 0.0498. The number of rotatable bonds is 2. The molecule has 1 amide bonds. The van der Waals surface area contributed by atoms with Gasteiger partial charge in [-0.25, -0.2) is 13.2 Å². The van der Waals surface area contributed by atoms with Crippen LogP contribution in [-0.4, -0.2) is 63.0 Å². The smallest absolute Gasteiger partial charge is 0.407 e. The fourth-order valence-corrected chi connectivity index (χ4v) is 6.23. The van der Waals surface area contributed by atoms with Crippen molar-refractivity contribution < 1.29 is 26.4 Å². The van der Waals surface area contributed by atoms with Crippen molar-refractivity contribution in [2.75, 3.05) is 18.8 Å². The van der Waals surface area contributed by atoms with Gasteiger partial charge < -0.3 is 10.1 Å². The van der Waals surface area contributed by atoms with Crippen molar-refractivity contribution in [3.8, 4) is 0 Å². The van der Waals surface area contributed by atoms with Crippen molar-refractivity contribution in [1.29, 1.82) is 0 Å². The van der Waals surface area contributed by atoms with E-state index in [1.54, 1.807) is 20.8 Å². The van der Waals surface area contributed by atoms with Crippen LogP contribution in [0.25, 0.3) is 0 Å². The van der Waals surface area contributed by atoms with E-state index in [2.05, 4.69) is 5.32 Å². The molecule has 2 fully saturated rings. The number of hydrogen-bond donors (Lipinski definition) is 1. The second-order valence-corrected chi connectivity index (χ2v) is 11.3. The number of carbonyl (C=O) groups is 1. The Balaban J connectivity index is 2.13. The van der Waals surface area contributed by atoms with Crippen molar-refractivity contribution in [3.05, 3.63) is 0 Å². The second kappa shape index (κ2) is 5.50. The van der Waals surface area contributed by atoms with Gasteiger partial charge >= 0.3 is 6.09 Å². The van der Waals surface area contributed by atoms with Gasteiger partial charge in [-0.2, -0.15) is 12.7 Å². The monoisotopic (exact) mass is 374 g/mol. The van der Waals surface area contributed by atoms with E-state index < -0.39 is 48.0 Å². The van der Waals surface area contributed by atoms with Gasteiger partial charge in [0.1, 0.15) is 5.60 Å². The van der Waals surface area contributed by atoms with E-state index in [9.17, 15) is 21.6 Å². The lowest BCUT2D eigenvalue weighted by atomic mass is 10.0. The van der Waals surface area contributed by atoms with Crippen LogP contribution >= 0.6 is 10.7 Å². The molecule has 2 aliphatic rings. The Bertz CT molecular complexity index is 669. The van der Waals surface area contributed by atoms with E-state index in [-0.39, 0.29) is 18.8 Å². The van der Waals surface area contributed by atoms with Crippen LogP contribution in [0.4, 0.5) is 4.79 Å². The van der Waals surface area contributed by atoms with Crippen LogP contribution in [0.15, 0.2) is 0 Å². The molecule has 3 atom stereocenters. The van der Waals surface area contributed by atoms with Gasteiger partial charge in [0.05, 0.1) is 17.0 Å². The molecule has 0 spiro atoms. The largest absolute Gasteiger partial charge is 0.444 e. The maximum atomic E-state index is 12.1. The lowest BCUT2D eigenvalue weighted by Crippen LogP contribution is -2.44. The number of nitrogens with zero attached hydrogens (tertiary/aromatic N) is 1. The molecular weight excluding hydrogens is 356 g/mol. The molecule has 0 radical (unpaired) electrons. The summed E-state index contributed by atoms with van der Waals surface area (Å²) in [6.45, 7) is 4.87. The Hall–Kier alpha value is -0.580. The number of sulfone groups is 1. The summed E-state index contributed by atoms with van der Waals surface area (Å²) in [6.07, 6.45) is -0.722. The van der Waals surface area contributed by atoms with Gasteiger partial charge in [0.2, 0.25) is 0 Å². The van der Waals surface area contributed by atoms with Crippen LogP contribution < -0.4 is 5.32 Å². The number of fused-ring (bicyclic) bond motifs is 1. The number of halogens is 1. The second-order valence-electron chi connectivity index (χ2n) is 6.54. The minimum Gasteiger partial charge on any atom is -0.444 e. The average Bonchev–Trinajstić information content (AvgIpc) is 2.76. The van der Waals surface area contributed by atoms with Crippen LogP contribution in [0.5, 0.6) is 0 Å². The molecule has 11 heteroatoms. The molecule has 0 saturated carbocycles. The summed E-state index contributed by atoms with van der Waals surface area (Å²) < 4.78 is 53.1. The Morgan fingerprint density at radius 2 is 1.91 bits per heavy atom. The van der Waals surface area contributed by atoms with Gasteiger partial charge in [0.25, 0.3) is 9.24 Å². The highest BCUT2D eigenvalue weighted by molar-refractivity contribution is 8.11. The van der Waals surface area contributed by atoms with Crippen LogP contribution in [0.1, 0.15) is 20.8 Å². The number of ether oxygens (including phenoxy) is 1. The van der Waals surface area contributed by atoms with Gasteiger partial charge in [0, 0.05) is 29.7 Å². The summed E-state index contributed by atoms with van der Waals surface area (Å²) >= 11 is 0. The zero-order chi connectivity index (χ0) is 16.9. The number of alkyl carbamates (subject to hydrolysis) is 1. The van der Waals surface area contributed by atoms with Gasteiger partial charge in [0.15, 0.2) is 9.84 Å². The minimum absolute atomic E-state index is 0.0316. The molecule has 2 rings (SSSR count). The molecule has 2 heterocycles. The standard InChI is InChI=1S/C11H19ClN2O6S2/c1-11(2,3)20-10(15)13-8-6-21(16,17)9-5-14(4-7(8)9)22(12,18)19/h7-9H,4-6H2,1-3H3,(H,13,15)/t7-,8+,9-/m0/s1. The number of carbonyl (C=O) groups excluding carboxylic acids is 1. The van der Waals surface area contributed by atoms with E-state index in [1.807, 2.05) is 0 Å². The molecule has 128 valence electrons. The van der Waals surface area contributed by atoms with E-state index in [4.69, 9.17) is 15.4 Å². The van der Waals surface area contributed by atoms with Gasteiger partial charge in [-0.05, 0) is 20.8 Å². The minimum atomic E-state index is -3.98. The van der Waals surface area contributed by atoms with Crippen molar-refractivity contribution in [1.82, 2.24) is 9.62 Å². The first-order valence-electron chi connectivity index (χ1n) is 6.70. The zero-order valence-electron chi connectivity index (χ0n) is 12.4. The summed E-state index contributed by atoms with van der Waals surface area (Å²) in [4.78, 5) is 11.8. The highest BCUT2D eigenvalue weighted by Crippen LogP contribution is 2.36. The van der Waals surface area contributed by atoms with Crippen molar-refractivity contribution in [2.24, 2.45) is 5.92 Å². The molecule has 2 aliphatic heterocycles. The molecule has 2 saturated heterocycles. The topological polar surface area (TPSA) is 110 Å². The van der Waals surface area contributed by atoms with Gasteiger partial charge in [-0.3, -0.25) is 0 Å². The highest BCUT2D eigenvalue weighted by atomic mass is 35.7. The Morgan fingerprint density at radius 3 is 2.41 bits per heavy atom. The quantitative estimate of drug-likeness (QED) is 0.686. The van der Waals surface area contributed by atoms with E-state index in [0.717, 1.165) is 4.31 Å². The highest BCUT2D eigenvalue weighted by Gasteiger charge is 2.54. The average molecular weight is 375 g/mol. The molecule has 0 unspecified atom stereocenters. The number of amides is 1. The fraction of sp³-hybridized carbons (Fsp3) is 0.909. The molecule has 8 nitrogen and oxygen atoms in total. The fourth-order valence-electron chi connectivity index (χ4n) is 2.81. The third kappa shape index (κ3) is 3.84. The van der Waals surface area contributed by atoms with E-state index >= 15 is 0 Å². The molecule has 0 aromatic carbocycles. The Labute approximate surface area is 134 Å². The predicted octanol–water partition coefficient (Wildman–Crippen LogP) is 0.0921. The van der Waals surface area contributed by atoms with Crippen LogP contribution in [0.2, 0.25) is 0 Å². The Morgan fingerprint density at radius 1 is 1.32 bits per heavy atom. The maximum Gasteiger partial charge on any atom is 0.407 e. The lowest BCUT2D eigenvalue weighted by Gasteiger charge is -2.23. The predicted molar refractivity (Wildman–Crippen MR) is 80.6 cm³/mol. The summed E-state index contributed by atoms with van der Waals surface area (Å²) in [5.74, 6) is -0.747. The zero-order valence-corrected chi connectivity index (χ0v) is 14.8. The molecule has 0 aliphatic carbocycles. The Kier molecular flexibility index (Phi) is 4.44. The van der Waals surface area contributed by atoms with Crippen molar-refractivity contribution in [2.45, 2.75) is 37.7 Å². The third-order valence-corrected chi connectivity index (χ3v) is 7.42. The first-order valence-corrected chi connectivity index (χ1v) is 10.7. The van der Waals surface area contributed by atoms with Crippen LogP contribution in [0, 0.1) is 5.92 Å². The van der Waals surface area contributed by atoms with Gasteiger partial charge in [-0.15, -0.1) is 0 Å².